The van der Waals surface area contributed by atoms with Gasteiger partial charge in [0.15, 0.2) is 0 Å². The van der Waals surface area contributed by atoms with Gasteiger partial charge in [-0.15, -0.1) is 0 Å². The van der Waals surface area contributed by atoms with Crippen molar-refractivity contribution in [1.29, 1.82) is 0 Å². The van der Waals surface area contributed by atoms with Crippen molar-refractivity contribution in [1.82, 2.24) is 9.80 Å². The van der Waals surface area contributed by atoms with Gasteiger partial charge in [0.1, 0.15) is 0 Å². The topological polar surface area (TPSA) is 32.5 Å². The fraction of sp³-hybridized carbons (Fsp3) is 0.625. The van der Waals surface area contributed by atoms with Gasteiger partial charge in [-0.2, -0.15) is 0 Å². The summed E-state index contributed by atoms with van der Waals surface area (Å²) >= 11 is 12.7. The molecule has 0 aromatic heterocycles. The van der Waals surface area contributed by atoms with Crippen LogP contribution in [-0.4, -0.2) is 49.6 Å². The second kappa shape index (κ2) is 6.84. The quantitative estimate of drug-likeness (QED) is 0.868. The number of benzene rings is 1. The van der Waals surface area contributed by atoms with Gasteiger partial charge in [0.05, 0.1) is 0 Å². The second-order valence-corrected chi connectivity index (χ2v) is 7.09. The van der Waals surface area contributed by atoms with Crippen LogP contribution < -0.4 is 5.73 Å². The van der Waals surface area contributed by atoms with Crippen LogP contribution in [0, 0.1) is 0 Å². The van der Waals surface area contributed by atoms with Crippen molar-refractivity contribution >= 4 is 23.2 Å². The van der Waals surface area contributed by atoms with Crippen molar-refractivity contribution in [2.75, 3.05) is 34.2 Å². The van der Waals surface area contributed by atoms with Crippen molar-refractivity contribution in [3.05, 3.63) is 33.8 Å². The van der Waals surface area contributed by atoms with Crippen LogP contribution >= 0.6 is 23.2 Å². The summed E-state index contributed by atoms with van der Waals surface area (Å²) in [6, 6.07) is 5.67. The zero-order valence-corrected chi connectivity index (χ0v) is 14.6. The third kappa shape index (κ3) is 3.38. The lowest BCUT2D eigenvalue weighted by atomic mass is 9.75. The van der Waals surface area contributed by atoms with Crippen LogP contribution in [-0.2, 0) is 0 Å². The van der Waals surface area contributed by atoms with E-state index >= 15 is 0 Å². The lowest BCUT2D eigenvalue weighted by Gasteiger charge is -2.50. The van der Waals surface area contributed by atoms with Crippen molar-refractivity contribution in [3.8, 4) is 0 Å². The van der Waals surface area contributed by atoms with Crippen molar-refractivity contribution in [2.45, 2.75) is 30.8 Å². The van der Waals surface area contributed by atoms with E-state index in [1.54, 1.807) is 0 Å². The molecule has 0 radical (unpaired) electrons. The number of rotatable bonds is 6. The zero-order valence-electron chi connectivity index (χ0n) is 13.1. The molecule has 21 heavy (non-hydrogen) atoms. The molecule has 1 saturated carbocycles. The molecule has 0 saturated heterocycles. The van der Waals surface area contributed by atoms with Crippen LogP contribution in [0.5, 0.6) is 0 Å². The Morgan fingerprint density at radius 3 is 2.14 bits per heavy atom. The predicted octanol–water partition coefficient (Wildman–Crippen LogP) is 3.41. The van der Waals surface area contributed by atoms with Gasteiger partial charge in [0, 0.05) is 40.3 Å². The highest BCUT2D eigenvalue weighted by atomic mass is 35.5. The molecule has 1 fully saturated rings. The Kier molecular flexibility index (Phi) is 5.55. The van der Waals surface area contributed by atoms with Crippen molar-refractivity contribution in [2.24, 2.45) is 5.73 Å². The van der Waals surface area contributed by atoms with Gasteiger partial charge >= 0.3 is 0 Å². The molecule has 118 valence electrons. The van der Waals surface area contributed by atoms with Gasteiger partial charge in [0.25, 0.3) is 0 Å². The first-order valence-electron chi connectivity index (χ1n) is 7.43. The molecule has 5 heteroatoms. The summed E-state index contributed by atoms with van der Waals surface area (Å²) in [6.07, 6.45) is 3.77. The number of hydrogen-bond donors (Lipinski definition) is 1. The van der Waals surface area contributed by atoms with E-state index in [0.717, 1.165) is 12.1 Å². The summed E-state index contributed by atoms with van der Waals surface area (Å²) < 4.78 is 0. The third-order valence-corrected chi connectivity index (χ3v) is 5.52. The number of likely N-dealkylation sites (N-methyl/N-ethyl adjacent to an activating group) is 2. The van der Waals surface area contributed by atoms with E-state index in [-0.39, 0.29) is 11.6 Å². The maximum Gasteiger partial charge on any atom is 0.0497 e. The molecule has 1 aliphatic rings. The number of hydrogen-bond acceptors (Lipinski definition) is 3. The average molecular weight is 330 g/mol. The predicted molar refractivity (Wildman–Crippen MR) is 91.2 cm³/mol. The Balaban J connectivity index is 2.21. The van der Waals surface area contributed by atoms with Crippen LogP contribution in [0.25, 0.3) is 0 Å². The minimum absolute atomic E-state index is 0.0450. The van der Waals surface area contributed by atoms with E-state index in [0.29, 0.717) is 16.6 Å². The number of nitrogens with zero attached hydrogens (tertiary/aromatic N) is 2. The van der Waals surface area contributed by atoms with Crippen LogP contribution in [0.4, 0.5) is 0 Å². The normalized spacial score (nSPS) is 18.9. The first kappa shape index (κ1) is 17.0. The largest absolute Gasteiger partial charge is 0.329 e. The molecule has 1 aromatic rings. The summed E-state index contributed by atoms with van der Waals surface area (Å²) in [5.74, 6) is 0. The molecule has 1 aliphatic carbocycles. The van der Waals surface area contributed by atoms with E-state index in [2.05, 4.69) is 30.9 Å². The standard InChI is InChI=1S/C16H25Cl2N3/c1-20(2)16(8-5-9-16)11-21(3)14(10-19)15-12(17)6-4-7-13(15)18/h4,6-7,14H,5,8-11,19H2,1-3H3. The molecular weight excluding hydrogens is 305 g/mol. The molecule has 1 atom stereocenters. The van der Waals surface area contributed by atoms with Crippen LogP contribution in [0.15, 0.2) is 18.2 Å². The molecular formula is C16H25Cl2N3. The Morgan fingerprint density at radius 1 is 1.19 bits per heavy atom. The van der Waals surface area contributed by atoms with Crippen molar-refractivity contribution < 1.29 is 0 Å². The van der Waals surface area contributed by atoms with Gasteiger partial charge in [-0.1, -0.05) is 29.3 Å². The maximum absolute atomic E-state index is 6.35. The van der Waals surface area contributed by atoms with E-state index in [1.807, 2.05) is 18.2 Å². The summed E-state index contributed by atoms with van der Waals surface area (Å²) in [5, 5.41) is 1.38. The Labute approximate surface area is 138 Å². The van der Waals surface area contributed by atoms with Gasteiger partial charge in [-0.05, 0) is 52.5 Å². The molecule has 0 bridgehead atoms. The molecule has 0 aliphatic heterocycles. The molecule has 2 rings (SSSR count). The molecule has 0 spiro atoms. The Bertz CT molecular complexity index is 466. The summed E-state index contributed by atoms with van der Waals surface area (Å²) in [4.78, 5) is 4.64. The van der Waals surface area contributed by atoms with E-state index < -0.39 is 0 Å². The van der Waals surface area contributed by atoms with Crippen LogP contribution in [0.1, 0.15) is 30.9 Å². The van der Waals surface area contributed by atoms with E-state index in [9.17, 15) is 0 Å². The molecule has 1 unspecified atom stereocenters. The summed E-state index contributed by atoms with van der Waals surface area (Å²) in [5.41, 5.74) is 7.23. The molecule has 0 heterocycles. The first-order chi connectivity index (χ1) is 9.91. The van der Waals surface area contributed by atoms with Gasteiger partial charge < -0.3 is 10.6 Å². The van der Waals surface area contributed by atoms with Gasteiger partial charge in [-0.25, -0.2) is 0 Å². The monoisotopic (exact) mass is 329 g/mol. The third-order valence-electron chi connectivity index (χ3n) is 4.86. The van der Waals surface area contributed by atoms with Crippen LogP contribution in [0.3, 0.4) is 0 Å². The average Bonchev–Trinajstić information content (AvgIpc) is 2.37. The van der Waals surface area contributed by atoms with Gasteiger partial charge in [0.2, 0.25) is 0 Å². The molecule has 1 aromatic carbocycles. The fourth-order valence-electron chi connectivity index (χ4n) is 3.25. The Morgan fingerprint density at radius 2 is 1.76 bits per heavy atom. The summed E-state index contributed by atoms with van der Waals surface area (Å²) in [7, 11) is 6.43. The Hall–Kier alpha value is -0.320. The number of nitrogens with two attached hydrogens (primary N) is 1. The van der Waals surface area contributed by atoms with E-state index in [1.165, 1.54) is 19.3 Å². The SMILES string of the molecule is CN(CC1(N(C)C)CCC1)C(CN)c1c(Cl)cccc1Cl. The fourth-order valence-corrected chi connectivity index (χ4v) is 3.90. The highest BCUT2D eigenvalue weighted by Crippen LogP contribution is 2.39. The molecule has 3 nitrogen and oxygen atoms in total. The van der Waals surface area contributed by atoms with Crippen LogP contribution in [0.2, 0.25) is 10.0 Å². The summed E-state index contributed by atoms with van der Waals surface area (Å²) in [6.45, 7) is 1.48. The lowest BCUT2D eigenvalue weighted by molar-refractivity contribution is 0.0168. The second-order valence-electron chi connectivity index (χ2n) is 6.27. The smallest absolute Gasteiger partial charge is 0.0497 e. The minimum Gasteiger partial charge on any atom is -0.329 e. The van der Waals surface area contributed by atoms with E-state index in [4.69, 9.17) is 28.9 Å². The lowest BCUT2D eigenvalue weighted by Crippen LogP contribution is -2.57. The highest BCUT2D eigenvalue weighted by Gasteiger charge is 2.41. The zero-order chi connectivity index (χ0) is 15.6. The van der Waals surface area contributed by atoms with Gasteiger partial charge in [-0.3, -0.25) is 4.90 Å². The molecule has 2 N–H and O–H groups in total. The van der Waals surface area contributed by atoms with Crippen molar-refractivity contribution in [3.63, 3.8) is 0 Å². The maximum atomic E-state index is 6.35. The minimum atomic E-state index is 0.0450. The highest BCUT2D eigenvalue weighted by molar-refractivity contribution is 6.36. The molecule has 0 amide bonds. The first-order valence-corrected chi connectivity index (χ1v) is 8.18. The number of halogens is 2.